The van der Waals surface area contributed by atoms with Crippen molar-refractivity contribution in [1.29, 1.82) is 0 Å². The van der Waals surface area contributed by atoms with Gasteiger partial charge in [-0.05, 0) is 19.9 Å². The van der Waals surface area contributed by atoms with Crippen molar-refractivity contribution in [3.05, 3.63) is 17.5 Å². The first-order chi connectivity index (χ1) is 11.3. The number of carbonyl (C=O) groups is 1. The molecule has 134 valence electrons. The second-order valence-corrected chi connectivity index (χ2v) is 6.72. The number of aliphatic hydroxyl groups is 1. The van der Waals surface area contributed by atoms with Gasteiger partial charge in [-0.1, -0.05) is 0 Å². The van der Waals surface area contributed by atoms with E-state index >= 15 is 0 Å². The number of likely N-dealkylation sites (tertiary alicyclic amines) is 2. The lowest BCUT2D eigenvalue weighted by Crippen LogP contribution is -2.49. The van der Waals surface area contributed by atoms with Crippen LogP contribution >= 0.6 is 0 Å². The number of aromatic nitrogens is 2. The van der Waals surface area contributed by atoms with Crippen LogP contribution in [0.15, 0.2) is 6.07 Å². The first kappa shape index (κ1) is 17.3. The molecule has 2 aliphatic heterocycles. The van der Waals surface area contributed by atoms with Gasteiger partial charge in [0.2, 0.25) is 0 Å². The summed E-state index contributed by atoms with van der Waals surface area (Å²) in [6.07, 6.45) is -1.09. The van der Waals surface area contributed by atoms with E-state index in [1.807, 2.05) is 18.7 Å². The number of aryl methyl sites for hydroxylation is 2. The zero-order chi connectivity index (χ0) is 17.5. The number of halogens is 2. The molecule has 24 heavy (non-hydrogen) atoms. The Morgan fingerprint density at radius 1 is 1.38 bits per heavy atom. The summed E-state index contributed by atoms with van der Waals surface area (Å²) in [5, 5.41) is 14.6. The van der Waals surface area contributed by atoms with Gasteiger partial charge in [-0.25, -0.2) is 8.78 Å². The van der Waals surface area contributed by atoms with E-state index in [9.17, 15) is 18.7 Å². The average molecular weight is 342 g/mol. The molecule has 6 nitrogen and oxygen atoms in total. The number of carbonyl (C=O) groups excluding carboxylic acids is 1. The summed E-state index contributed by atoms with van der Waals surface area (Å²) in [6, 6.07) is 1.46. The summed E-state index contributed by atoms with van der Waals surface area (Å²) in [6.45, 7) is 5.60. The summed E-state index contributed by atoms with van der Waals surface area (Å²) in [5.41, 5.74) is 1.28. The lowest BCUT2D eigenvalue weighted by molar-refractivity contribution is -0.0697. The summed E-state index contributed by atoms with van der Waals surface area (Å²) in [4.78, 5) is 16.1. The molecule has 2 atom stereocenters. The number of piperidine rings is 1. The highest BCUT2D eigenvalue weighted by Crippen LogP contribution is 2.30. The maximum absolute atomic E-state index is 13.3. The number of alkyl halides is 2. The van der Waals surface area contributed by atoms with Crippen molar-refractivity contribution in [3.8, 4) is 0 Å². The Labute approximate surface area is 140 Å². The van der Waals surface area contributed by atoms with Crippen molar-refractivity contribution >= 4 is 5.91 Å². The van der Waals surface area contributed by atoms with Crippen LogP contribution in [0.25, 0.3) is 0 Å². The molecule has 1 aromatic heterocycles. The Morgan fingerprint density at radius 3 is 2.62 bits per heavy atom. The Morgan fingerprint density at radius 2 is 2.04 bits per heavy atom. The normalized spacial score (nSPS) is 27.6. The van der Waals surface area contributed by atoms with Crippen molar-refractivity contribution in [3.63, 3.8) is 0 Å². The van der Waals surface area contributed by atoms with Crippen molar-refractivity contribution < 1.29 is 18.7 Å². The second kappa shape index (κ2) is 6.40. The molecule has 0 aliphatic carbocycles. The summed E-state index contributed by atoms with van der Waals surface area (Å²) in [5.74, 6) is -2.82. The molecule has 3 rings (SSSR count). The van der Waals surface area contributed by atoms with Crippen LogP contribution in [0, 0.1) is 6.92 Å². The molecule has 2 fully saturated rings. The van der Waals surface area contributed by atoms with Crippen LogP contribution in [-0.2, 0) is 6.54 Å². The Bertz CT molecular complexity index is 609. The molecule has 0 bridgehead atoms. The predicted molar refractivity (Wildman–Crippen MR) is 84.1 cm³/mol. The molecule has 3 heterocycles. The van der Waals surface area contributed by atoms with E-state index in [0.29, 0.717) is 18.8 Å². The lowest BCUT2D eigenvalue weighted by atomic mass is 10.0. The highest BCUT2D eigenvalue weighted by atomic mass is 19.3. The molecule has 0 aromatic carbocycles. The minimum atomic E-state index is -2.61. The molecule has 8 heteroatoms. The third-order valence-electron chi connectivity index (χ3n) is 5.04. The van der Waals surface area contributed by atoms with Gasteiger partial charge >= 0.3 is 0 Å². The molecule has 0 radical (unpaired) electrons. The van der Waals surface area contributed by atoms with E-state index in [-0.39, 0.29) is 44.4 Å². The van der Waals surface area contributed by atoms with Crippen LogP contribution in [0.4, 0.5) is 8.78 Å². The van der Waals surface area contributed by atoms with Gasteiger partial charge in [-0.3, -0.25) is 14.4 Å². The summed E-state index contributed by atoms with van der Waals surface area (Å²) >= 11 is 0. The molecule has 0 unspecified atom stereocenters. The van der Waals surface area contributed by atoms with E-state index in [0.717, 1.165) is 5.69 Å². The van der Waals surface area contributed by atoms with Gasteiger partial charge in [0.15, 0.2) is 5.69 Å². The molecular weight excluding hydrogens is 318 g/mol. The summed E-state index contributed by atoms with van der Waals surface area (Å²) in [7, 11) is 0. The zero-order valence-corrected chi connectivity index (χ0v) is 14.1. The second-order valence-electron chi connectivity index (χ2n) is 6.72. The third kappa shape index (κ3) is 3.30. The van der Waals surface area contributed by atoms with Crippen LogP contribution in [0.5, 0.6) is 0 Å². The molecule has 1 amide bonds. The Balaban J connectivity index is 1.65. The van der Waals surface area contributed by atoms with Gasteiger partial charge in [0, 0.05) is 51.3 Å². The van der Waals surface area contributed by atoms with Crippen LogP contribution in [-0.4, -0.2) is 74.8 Å². The van der Waals surface area contributed by atoms with E-state index in [2.05, 4.69) is 5.10 Å². The highest BCUT2D eigenvalue weighted by molar-refractivity contribution is 5.92. The molecular formula is C16H24F2N4O2. The molecule has 2 saturated heterocycles. The topological polar surface area (TPSA) is 61.6 Å². The van der Waals surface area contributed by atoms with Crippen LogP contribution in [0.2, 0.25) is 0 Å². The largest absolute Gasteiger partial charge is 0.390 e. The van der Waals surface area contributed by atoms with Crippen LogP contribution in [0.1, 0.15) is 35.9 Å². The van der Waals surface area contributed by atoms with E-state index < -0.39 is 12.0 Å². The zero-order valence-electron chi connectivity index (χ0n) is 14.1. The van der Waals surface area contributed by atoms with E-state index in [1.165, 1.54) is 0 Å². The lowest BCUT2D eigenvalue weighted by Gasteiger charge is -2.36. The standard InChI is InChI=1S/C16H24F2N4O2/c1-3-22-11(2)8-12(19-22)15(24)21-9-13(14(23)10-21)20-6-4-16(17,18)5-7-20/h8,13-14,23H,3-7,9-10H2,1-2H3/t13-,14-/m1/s1. The number of hydrogen-bond acceptors (Lipinski definition) is 4. The number of aliphatic hydroxyl groups excluding tert-OH is 1. The van der Waals surface area contributed by atoms with Gasteiger partial charge in [0.25, 0.3) is 11.8 Å². The first-order valence-electron chi connectivity index (χ1n) is 8.44. The number of hydrogen-bond donors (Lipinski definition) is 1. The van der Waals surface area contributed by atoms with Crippen molar-refractivity contribution in [2.75, 3.05) is 26.2 Å². The smallest absolute Gasteiger partial charge is 0.274 e. The Kier molecular flexibility index (Phi) is 4.61. The monoisotopic (exact) mass is 342 g/mol. The van der Waals surface area contributed by atoms with Gasteiger partial charge < -0.3 is 10.0 Å². The maximum Gasteiger partial charge on any atom is 0.274 e. The number of amides is 1. The fourth-order valence-corrected chi connectivity index (χ4v) is 3.57. The van der Waals surface area contributed by atoms with E-state index in [1.54, 1.807) is 15.6 Å². The fourth-order valence-electron chi connectivity index (χ4n) is 3.57. The minimum Gasteiger partial charge on any atom is -0.390 e. The third-order valence-corrected chi connectivity index (χ3v) is 5.04. The average Bonchev–Trinajstić information content (AvgIpc) is 3.10. The number of β-amino-alcohol motifs (C(OH)–C–C–N with tert-alkyl or cyclic N) is 1. The summed E-state index contributed by atoms with van der Waals surface area (Å²) < 4.78 is 28.3. The minimum absolute atomic E-state index is 0.190. The molecule has 1 aromatic rings. The van der Waals surface area contributed by atoms with Gasteiger partial charge in [0.05, 0.1) is 12.1 Å². The quantitative estimate of drug-likeness (QED) is 0.894. The SMILES string of the molecule is CCn1nc(C(=O)N2C[C@@H](O)[C@H](N3CCC(F)(F)CC3)C2)cc1C. The molecule has 0 spiro atoms. The van der Waals surface area contributed by atoms with Gasteiger partial charge in [-0.2, -0.15) is 5.10 Å². The van der Waals surface area contributed by atoms with Gasteiger partial charge in [-0.15, -0.1) is 0 Å². The predicted octanol–water partition coefficient (Wildman–Crippen LogP) is 1.13. The molecule has 1 N–H and O–H groups in total. The van der Waals surface area contributed by atoms with Crippen LogP contribution < -0.4 is 0 Å². The highest BCUT2D eigenvalue weighted by Gasteiger charge is 2.42. The van der Waals surface area contributed by atoms with Crippen molar-refractivity contribution in [1.82, 2.24) is 19.6 Å². The first-order valence-corrected chi connectivity index (χ1v) is 8.44. The maximum atomic E-state index is 13.3. The number of nitrogens with zero attached hydrogens (tertiary/aromatic N) is 4. The fraction of sp³-hybridized carbons (Fsp3) is 0.750. The Hall–Kier alpha value is -1.54. The van der Waals surface area contributed by atoms with Crippen LogP contribution in [0.3, 0.4) is 0 Å². The molecule has 0 saturated carbocycles. The van der Waals surface area contributed by atoms with E-state index in [4.69, 9.17) is 0 Å². The van der Waals surface area contributed by atoms with Crippen molar-refractivity contribution in [2.24, 2.45) is 0 Å². The van der Waals surface area contributed by atoms with Gasteiger partial charge in [0.1, 0.15) is 0 Å². The van der Waals surface area contributed by atoms with Crippen molar-refractivity contribution in [2.45, 2.75) is 51.3 Å². The number of rotatable bonds is 3. The molecule has 2 aliphatic rings.